The number of hydrogen-bond acceptors (Lipinski definition) is 3. The number of nitrogens with two attached hydrogens (primary N) is 1. The van der Waals surface area contributed by atoms with Gasteiger partial charge in [0.2, 0.25) is 0 Å². The lowest BCUT2D eigenvalue weighted by Crippen LogP contribution is -2.20. The molecule has 1 aliphatic heterocycles. The molecule has 0 unspecified atom stereocenters. The Morgan fingerprint density at radius 2 is 1.96 bits per heavy atom. The maximum absolute atomic E-state index is 6.19. The van der Waals surface area contributed by atoms with Crippen LogP contribution >= 0.6 is 11.6 Å². The number of nitrogens with zero attached hydrogens (tertiary/aromatic N) is 3. The molecule has 5 heteroatoms. The first-order chi connectivity index (χ1) is 11.6. The van der Waals surface area contributed by atoms with Crippen molar-refractivity contribution in [3.05, 3.63) is 52.8 Å². The molecule has 1 aliphatic rings. The third-order valence-electron chi connectivity index (χ3n) is 4.74. The zero-order valence-electron chi connectivity index (χ0n) is 13.8. The fraction of sp³-hybridized carbons (Fsp3) is 0.316. The monoisotopic (exact) mass is 340 g/mol. The SMILES string of the molecule is Cc1cc(-c2nc3ccc(N)cn3c2CN2CCCC2)ccc1Cl. The molecule has 3 aromatic rings. The average Bonchev–Trinajstić information content (AvgIpc) is 3.19. The third-order valence-corrected chi connectivity index (χ3v) is 5.17. The van der Waals surface area contributed by atoms with Crippen molar-refractivity contribution in [3.63, 3.8) is 0 Å². The largest absolute Gasteiger partial charge is 0.398 e. The molecule has 1 fully saturated rings. The normalized spacial score (nSPS) is 15.4. The highest BCUT2D eigenvalue weighted by atomic mass is 35.5. The van der Waals surface area contributed by atoms with Gasteiger partial charge in [-0.05, 0) is 62.7 Å². The van der Waals surface area contributed by atoms with Crippen LogP contribution in [0, 0.1) is 6.92 Å². The summed E-state index contributed by atoms with van der Waals surface area (Å²) in [5.41, 5.74) is 12.1. The Morgan fingerprint density at radius 1 is 1.17 bits per heavy atom. The lowest BCUT2D eigenvalue weighted by Gasteiger charge is -2.16. The molecule has 0 aliphatic carbocycles. The molecule has 1 aromatic carbocycles. The standard InChI is InChI=1S/C19H21ClN4/c1-13-10-14(4-6-16(13)20)19-17(12-23-8-2-3-9-23)24-11-15(21)5-7-18(24)22-19/h4-7,10-11H,2-3,8-9,12,21H2,1H3. The highest BCUT2D eigenvalue weighted by Gasteiger charge is 2.19. The lowest BCUT2D eigenvalue weighted by molar-refractivity contribution is 0.327. The van der Waals surface area contributed by atoms with E-state index >= 15 is 0 Å². The summed E-state index contributed by atoms with van der Waals surface area (Å²) in [5.74, 6) is 0. The molecule has 0 saturated carbocycles. The minimum Gasteiger partial charge on any atom is -0.398 e. The molecule has 0 bridgehead atoms. The van der Waals surface area contributed by atoms with Crippen LogP contribution in [0.4, 0.5) is 5.69 Å². The van der Waals surface area contributed by atoms with E-state index in [2.05, 4.69) is 15.4 Å². The quantitative estimate of drug-likeness (QED) is 0.779. The Hall–Kier alpha value is -2.04. The Balaban J connectivity index is 1.87. The molecule has 0 atom stereocenters. The van der Waals surface area contributed by atoms with Gasteiger partial charge in [0.1, 0.15) is 5.65 Å². The minimum atomic E-state index is 0.751. The Kier molecular flexibility index (Phi) is 3.94. The van der Waals surface area contributed by atoms with Gasteiger partial charge in [0.15, 0.2) is 0 Å². The molecular formula is C19H21ClN4. The molecule has 2 N–H and O–H groups in total. The van der Waals surface area contributed by atoms with E-state index < -0.39 is 0 Å². The van der Waals surface area contributed by atoms with E-state index in [9.17, 15) is 0 Å². The second-order valence-electron chi connectivity index (χ2n) is 6.54. The number of aryl methyl sites for hydroxylation is 1. The van der Waals surface area contributed by atoms with Gasteiger partial charge >= 0.3 is 0 Å². The summed E-state index contributed by atoms with van der Waals surface area (Å²) < 4.78 is 2.13. The van der Waals surface area contributed by atoms with Crippen LogP contribution in [0.2, 0.25) is 5.02 Å². The minimum absolute atomic E-state index is 0.751. The number of likely N-dealkylation sites (tertiary alicyclic amines) is 1. The molecule has 124 valence electrons. The summed E-state index contributed by atoms with van der Waals surface area (Å²) in [4.78, 5) is 7.36. The third kappa shape index (κ3) is 2.76. The Morgan fingerprint density at radius 3 is 2.71 bits per heavy atom. The lowest BCUT2D eigenvalue weighted by atomic mass is 10.1. The predicted molar refractivity (Wildman–Crippen MR) is 99.3 cm³/mol. The number of imidazole rings is 1. The molecule has 0 spiro atoms. The van der Waals surface area contributed by atoms with Crippen molar-refractivity contribution in [1.29, 1.82) is 0 Å². The van der Waals surface area contributed by atoms with E-state index in [-0.39, 0.29) is 0 Å². The number of halogens is 1. The maximum atomic E-state index is 6.19. The fourth-order valence-corrected chi connectivity index (χ4v) is 3.55. The van der Waals surface area contributed by atoms with E-state index in [0.29, 0.717) is 0 Å². The zero-order chi connectivity index (χ0) is 16.7. The van der Waals surface area contributed by atoms with Crippen molar-refractivity contribution in [2.75, 3.05) is 18.8 Å². The summed E-state index contributed by atoms with van der Waals surface area (Å²) in [6.07, 6.45) is 4.52. The van der Waals surface area contributed by atoms with Crippen LogP contribution in [0.5, 0.6) is 0 Å². The van der Waals surface area contributed by atoms with Gasteiger partial charge in [-0.2, -0.15) is 0 Å². The molecule has 0 radical (unpaired) electrons. The molecule has 0 amide bonds. The van der Waals surface area contributed by atoms with Gasteiger partial charge in [0.05, 0.1) is 11.4 Å². The van der Waals surface area contributed by atoms with Crippen molar-refractivity contribution in [1.82, 2.24) is 14.3 Å². The molecule has 3 heterocycles. The average molecular weight is 341 g/mol. The van der Waals surface area contributed by atoms with E-state index in [1.165, 1.54) is 18.5 Å². The zero-order valence-corrected chi connectivity index (χ0v) is 14.6. The molecule has 1 saturated heterocycles. The maximum Gasteiger partial charge on any atom is 0.137 e. The topological polar surface area (TPSA) is 46.6 Å². The van der Waals surface area contributed by atoms with Crippen LogP contribution < -0.4 is 5.73 Å². The summed E-state index contributed by atoms with van der Waals surface area (Å²) in [5, 5.41) is 0.785. The number of pyridine rings is 1. The summed E-state index contributed by atoms with van der Waals surface area (Å²) >= 11 is 6.19. The second-order valence-corrected chi connectivity index (χ2v) is 6.95. The summed E-state index contributed by atoms with van der Waals surface area (Å²) in [7, 11) is 0. The van der Waals surface area contributed by atoms with Gasteiger partial charge in [-0.25, -0.2) is 4.98 Å². The summed E-state index contributed by atoms with van der Waals surface area (Å²) in [6.45, 7) is 5.21. The van der Waals surface area contributed by atoms with Crippen molar-refractivity contribution in [2.24, 2.45) is 0 Å². The first-order valence-electron chi connectivity index (χ1n) is 8.37. The highest BCUT2D eigenvalue weighted by molar-refractivity contribution is 6.31. The Labute approximate surface area is 146 Å². The van der Waals surface area contributed by atoms with E-state index in [1.807, 2.05) is 37.4 Å². The first kappa shape index (κ1) is 15.5. The van der Waals surface area contributed by atoms with Gasteiger partial charge in [-0.15, -0.1) is 0 Å². The second kappa shape index (κ2) is 6.11. The number of anilines is 1. The molecule has 4 nitrogen and oxygen atoms in total. The molecule has 24 heavy (non-hydrogen) atoms. The molecule has 2 aromatic heterocycles. The van der Waals surface area contributed by atoms with Gasteiger partial charge in [0, 0.05) is 29.0 Å². The van der Waals surface area contributed by atoms with Crippen LogP contribution in [0.3, 0.4) is 0 Å². The van der Waals surface area contributed by atoms with Crippen LogP contribution in [-0.4, -0.2) is 27.4 Å². The van der Waals surface area contributed by atoms with Crippen LogP contribution in [0.1, 0.15) is 24.1 Å². The Bertz CT molecular complexity index is 894. The van der Waals surface area contributed by atoms with Gasteiger partial charge in [-0.3, -0.25) is 4.90 Å². The van der Waals surface area contributed by atoms with Gasteiger partial charge in [-0.1, -0.05) is 17.7 Å². The highest BCUT2D eigenvalue weighted by Crippen LogP contribution is 2.30. The van der Waals surface area contributed by atoms with Crippen molar-refractivity contribution in [3.8, 4) is 11.3 Å². The van der Waals surface area contributed by atoms with E-state index in [4.69, 9.17) is 22.3 Å². The first-order valence-corrected chi connectivity index (χ1v) is 8.75. The van der Waals surface area contributed by atoms with Crippen molar-refractivity contribution >= 4 is 22.9 Å². The van der Waals surface area contributed by atoms with E-state index in [0.717, 1.165) is 52.8 Å². The van der Waals surface area contributed by atoms with Gasteiger partial charge < -0.3 is 10.1 Å². The van der Waals surface area contributed by atoms with Crippen LogP contribution in [0.15, 0.2) is 36.5 Å². The predicted octanol–water partition coefficient (Wildman–Crippen LogP) is 4.14. The number of rotatable bonds is 3. The van der Waals surface area contributed by atoms with Crippen molar-refractivity contribution < 1.29 is 0 Å². The van der Waals surface area contributed by atoms with Crippen molar-refractivity contribution in [2.45, 2.75) is 26.3 Å². The number of fused-ring (bicyclic) bond motifs is 1. The van der Waals surface area contributed by atoms with E-state index in [1.54, 1.807) is 0 Å². The number of hydrogen-bond donors (Lipinski definition) is 1. The number of aromatic nitrogens is 2. The van der Waals surface area contributed by atoms with Crippen LogP contribution in [-0.2, 0) is 6.54 Å². The molecule has 4 rings (SSSR count). The smallest absolute Gasteiger partial charge is 0.137 e. The molecular weight excluding hydrogens is 320 g/mol. The number of benzene rings is 1. The van der Waals surface area contributed by atoms with Crippen LogP contribution in [0.25, 0.3) is 16.9 Å². The number of nitrogen functional groups attached to an aromatic ring is 1. The summed E-state index contributed by atoms with van der Waals surface area (Å²) in [6, 6.07) is 9.99. The fourth-order valence-electron chi connectivity index (χ4n) is 3.44. The van der Waals surface area contributed by atoms with Gasteiger partial charge in [0.25, 0.3) is 0 Å².